The predicted octanol–water partition coefficient (Wildman–Crippen LogP) is 1.18. The molecule has 3 heterocycles. The third kappa shape index (κ3) is 6.56. The third-order valence-electron chi connectivity index (χ3n) is 5.14. The van der Waals surface area contributed by atoms with Gasteiger partial charge in [-0.3, -0.25) is 9.89 Å². The summed E-state index contributed by atoms with van der Waals surface area (Å²) in [4.78, 5) is 10.6. The summed E-state index contributed by atoms with van der Waals surface area (Å²) in [6.45, 7) is 4.40. The number of aliphatic imine (C=N–C) groups is 1. The molecule has 0 bridgehead atoms. The van der Waals surface area contributed by atoms with Crippen molar-refractivity contribution in [1.82, 2.24) is 30.3 Å². The Kier molecular flexibility index (Phi) is 7.33. The Morgan fingerprint density at radius 1 is 1.31 bits per heavy atom. The summed E-state index contributed by atoms with van der Waals surface area (Å²) < 4.78 is 44.7. The Labute approximate surface area is 168 Å². The molecule has 2 aliphatic heterocycles. The minimum atomic E-state index is -4.14. The van der Waals surface area contributed by atoms with E-state index >= 15 is 0 Å². The van der Waals surface area contributed by atoms with Gasteiger partial charge < -0.3 is 15.4 Å². The molecular formula is C18H30F3N7O. The van der Waals surface area contributed by atoms with E-state index in [9.17, 15) is 13.2 Å². The van der Waals surface area contributed by atoms with Gasteiger partial charge in [0, 0.05) is 39.2 Å². The van der Waals surface area contributed by atoms with Gasteiger partial charge in [-0.15, -0.1) is 0 Å². The van der Waals surface area contributed by atoms with Gasteiger partial charge in [-0.2, -0.15) is 18.3 Å². The van der Waals surface area contributed by atoms with Gasteiger partial charge in [0.15, 0.2) is 11.8 Å². The fourth-order valence-electron chi connectivity index (χ4n) is 3.86. The lowest BCUT2D eigenvalue weighted by molar-refractivity contribution is -0.143. The number of rotatable bonds is 7. The molecule has 2 atom stereocenters. The van der Waals surface area contributed by atoms with Gasteiger partial charge in [0.25, 0.3) is 0 Å². The Morgan fingerprint density at radius 3 is 2.86 bits per heavy atom. The van der Waals surface area contributed by atoms with Crippen molar-refractivity contribution in [2.24, 2.45) is 10.9 Å². The first-order chi connectivity index (χ1) is 13.9. The minimum absolute atomic E-state index is 0.151. The van der Waals surface area contributed by atoms with Crippen molar-refractivity contribution in [2.75, 3.05) is 39.8 Å². The first kappa shape index (κ1) is 21.8. The zero-order valence-corrected chi connectivity index (χ0v) is 17.0. The van der Waals surface area contributed by atoms with Crippen LogP contribution in [-0.4, -0.2) is 77.7 Å². The van der Waals surface area contributed by atoms with Crippen LogP contribution in [0.4, 0.5) is 13.2 Å². The molecule has 2 unspecified atom stereocenters. The van der Waals surface area contributed by atoms with E-state index in [1.807, 2.05) is 11.6 Å². The van der Waals surface area contributed by atoms with Crippen LogP contribution >= 0.6 is 0 Å². The van der Waals surface area contributed by atoms with Gasteiger partial charge in [0.2, 0.25) is 0 Å². The molecule has 0 saturated carbocycles. The van der Waals surface area contributed by atoms with Crippen molar-refractivity contribution in [3.63, 3.8) is 0 Å². The highest BCUT2D eigenvalue weighted by molar-refractivity contribution is 5.80. The van der Waals surface area contributed by atoms with Gasteiger partial charge in [-0.1, -0.05) is 0 Å². The summed E-state index contributed by atoms with van der Waals surface area (Å²) in [5.74, 6) is 2.51. The molecule has 0 radical (unpaired) electrons. The van der Waals surface area contributed by atoms with Gasteiger partial charge in [-0.25, -0.2) is 9.67 Å². The van der Waals surface area contributed by atoms with E-state index in [2.05, 4.69) is 25.7 Å². The first-order valence-corrected chi connectivity index (χ1v) is 10.1. The quantitative estimate of drug-likeness (QED) is 0.512. The maximum atomic E-state index is 12.6. The number of hydrogen-bond donors (Lipinski definition) is 2. The van der Waals surface area contributed by atoms with E-state index in [1.165, 1.54) is 4.90 Å². The number of aryl methyl sites for hydroxylation is 1. The summed E-state index contributed by atoms with van der Waals surface area (Å²) in [7, 11) is 1.62. The van der Waals surface area contributed by atoms with E-state index in [-0.39, 0.29) is 12.0 Å². The Bertz CT molecular complexity index is 691. The zero-order valence-electron chi connectivity index (χ0n) is 17.0. The van der Waals surface area contributed by atoms with Gasteiger partial charge in [-0.05, 0) is 32.2 Å². The van der Waals surface area contributed by atoms with E-state index in [1.54, 1.807) is 7.11 Å². The lowest BCUT2D eigenvalue weighted by Crippen LogP contribution is -2.47. The van der Waals surface area contributed by atoms with E-state index in [0.717, 1.165) is 31.6 Å². The fraction of sp³-hybridized carbons (Fsp3) is 0.833. The average molecular weight is 417 g/mol. The number of hydrogen-bond acceptors (Lipinski definition) is 5. The highest BCUT2D eigenvalue weighted by atomic mass is 19.4. The van der Waals surface area contributed by atoms with Crippen molar-refractivity contribution >= 4 is 5.96 Å². The molecule has 1 aromatic heterocycles. The second-order valence-electron chi connectivity index (χ2n) is 7.66. The maximum Gasteiger partial charge on any atom is 0.401 e. The molecule has 1 saturated heterocycles. The Morgan fingerprint density at radius 2 is 2.14 bits per heavy atom. The largest absolute Gasteiger partial charge is 0.401 e. The summed E-state index contributed by atoms with van der Waals surface area (Å²) in [5.41, 5.74) is 0. The topological polar surface area (TPSA) is 79.6 Å². The predicted molar refractivity (Wildman–Crippen MR) is 103 cm³/mol. The molecule has 1 fully saturated rings. The number of halogens is 3. The molecule has 0 aliphatic carbocycles. The van der Waals surface area contributed by atoms with Gasteiger partial charge in [0.1, 0.15) is 12.4 Å². The maximum absolute atomic E-state index is 12.6. The highest BCUT2D eigenvalue weighted by Crippen LogP contribution is 2.23. The molecule has 2 aliphatic rings. The third-order valence-corrected chi connectivity index (χ3v) is 5.14. The average Bonchev–Trinajstić information content (AvgIpc) is 3.24. The number of nitrogens with zero attached hydrogens (tertiary/aromatic N) is 5. The minimum Gasteiger partial charge on any atom is -0.377 e. The Hall–Kier alpha value is -1.88. The molecule has 3 rings (SSSR count). The Balaban J connectivity index is 1.52. The van der Waals surface area contributed by atoms with E-state index in [0.29, 0.717) is 44.6 Å². The summed E-state index contributed by atoms with van der Waals surface area (Å²) in [5, 5.41) is 11.1. The van der Waals surface area contributed by atoms with Crippen LogP contribution in [0.5, 0.6) is 0 Å². The van der Waals surface area contributed by atoms with Crippen LogP contribution in [0.15, 0.2) is 4.99 Å². The smallest absolute Gasteiger partial charge is 0.377 e. The molecule has 8 nitrogen and oxygen atoms in total. The first-order valence-electron chi connectivity index (χ1n) is 10.1. The van der Waals surface area contributed by atoms with Crippen molar-refractivity contribution in [3.8, 4) is 0 Å². The van der Waals surface area contributed by atoms with Gasteiger partial charge in [0.05, 0.1) is 13.1 Å². The summed E-state index contributed by atoms with van der Waals surface area (Å²) in [6, 6.07) is 0.169. The molecule has 1 aromatic rings. The van der Waals surface area contributed by atoms with Crippen molar-refractivity contribution in [1.29, 1.82) is 0 Å². The molecular weight excluding hydrogens is 387 g/mol. The monoisotopic (exact) mass is 417 g/mol. The molecule has 164 valence electrons. The molecule has 29 heavy (non-hydrogen) atoms. The lowest BCUT2D eigenvalue weighted by atomic mass is 10.1. The number of aromatic nitrogens is 3. The van der Waals surface area contributed by atoms with Crippen LogP contribution in [0.2, 0.25) is 0 Å². The number of nitrogens with one attached hydrogen (secondary N) is 2. The molecule has 0 aromatic carbocycles. The van der Waals surface area contributed by atoms with Crippen LogP contribution in [0.3, 0.4) is 0 Å². The van der Waals surface area contributed by atoms with E-state index in [4.69, 9.17) is 4.74 Å². The van der Waals surface area contributed by atoms with Crippen LogP contribution in [0.25, 0.3) is 0 Å². The molecule has 0 spiro atoms. The number of ether oxygens (including phenoxy) is 1. The molecule has 11 heteroatoms. The van der Waals surface area contributed by atoms with Crippen molar-refractivity contribution in [3.05, 3.63) is 11.6 Å². The number of fused-ring (bicyclic) bond motifs is 1. The standard InChI is InChI=1S/C18H30F3N7O/c1-3-22-17(23-8-13-6-7-27(9-13)12-18(19,20)21)24-14-4-5-16-25-15(11-29-2)26-28(16)10-14/h13-14H,3-12H2,1-2H3,(H2,22,23,24). The second-order valence-corrected chi connectivity index (χ2v) is 7.66. The van der Waals surface area contributed by atoms with Gasteiger partial charge >= 0.3 is 6.18 Å². The van der Waals surface area contributed by atoms with Crippen LogP contribution in [0, 0.1) is 5.92 Å². The normalized spacial score (nSPS) is 23.3. The van der Waals surface area contributed by atoms with E-state index < -0.39 is 12.7 Å². The van der Waals surface area contributed by atoms with Crippen LogP contribution in [0.1, 0.15) is 31.4 Å². The number of guanidine groups is 1. The molecule has 2 N–H and O–H groups in total. The number of methoxy groups -OCH3 is 1. The molecule has 0 amide bonds. The number of alkyl halides is 3. The zero-order chi connectivity index (χ0) is 20.9. The van der Waals surface area contributed by atoms with Crippen molar-refractivity contribution in [2.45, 2.75) is 51.6 Å². The van der Waals surface area contributed by atoms with Crippen LogP contribution < -0.4 is 10.6 Å². The lowest BCUT2D eigenvalue weighted by Gasteiger charge is -2.25. The fourth-order valence-corrected chi connectivity index (χ4v) is 3.86. The second kappa shape index (κ2) is 9.75. The SMILES string of the molecule is CCNC(=NCC1CCN(CC(F)(F)F)C1)NC1CCc2nc(COC)nn2C1. The van der Waals surface area contributed by atoms with Crippen LogP contribution in [-0.2, 0) is 24.3 Å². The number of likely N-dealkylation sites (tertiary alicyclic amines) is 1. The van der Waals surface area contributed by atoms with Crippen molar-refractivity contribution < 1.29 is 17.9 Å². The summed E-state index contributed by atoms with van der Waals surface area (Å²) >= 11 is 0. The highest BCUT2D eigenvalue weighted by Gasteiger charge is 2.34. The summed E-state index contributed by atoms with van der Waals surface area (Å²) in [6.07, 6.45) is -1.66.